The van der Waals surface area contributed by atoms with Crippen LogP contribution in [-0.4, -0.2) is 22.7 Å². The lowest BCUT2D eigenvalue weighted by molar-refractivity contribution is 0.543. The molecule has 1 aliphatic rings. The summed E-state index contributed by atoms with van der Waals surface area (Å²) in [6, 6.07) is 0.513. The zero-order valence-electron chi connectivity index (χ0n) is 6.30. The Hall–Kier alpha value is 0.310. The molecule has 0 bridgehead atoms. The summed E-state index contributed by atoms with van der Waals surface area (Å²) < 4.78 is 0. The molecule has 0 aromatic heterocycles. The molecule has 0 amide bonds. The van der Waals surface area contributed by atoms with E-state index in [0.29, 0.717) is 17.8 Å². The predicted molar refractivity (Wildman–Crippen MR) is 49.2 cm³/mol. The molecule has 1 rings (SSSR count). The Labute approximate surface area is 71.2 Å². The van der Waals surface area contributed by atoms with Crippen LogP contribution in [0.5, 0.6) is 0 Å². The minimum Gasteiger partial charge on any atom is -0.277 e. The zero-order chi connectivity index (χ0) is 7.56. The molecule has 0 fully saturated rings. The molecule has 3 heteroatoms. The van der Waals surface area contributed by atoms with Gasteiger partial charge < -0.3 is 0 Å². The van der Waals surface area contributed by atoms with Crippen molar-refractivity contribution in [3.8, 4) is 0 Å². The highest BCUT2D eigenvalue weighted by Gasteiger charge is 2.19. The second kappa shape index (κ2) is 3.63. The van der Waals surface area contributed by atoms with Gasteiger partial charge in [-0.1, -0.05) is 13.8 Å². The first-order valence-corrected chi connectivity index (χ1v) is 5.01. The minimum absolute atomic E-state index is 0.513. The van der Waals surface area contributed by atoms with E-state index >= 15 is 0 Å². The predicted octanol–water partition coefficient (Wildman–Crippen LogP) is 2.40. The number of halogens is 1. The highest BCUT2D eigenvalue weighted by atomic mass is 35.5. The average molecular weight is 178 g/mol. The summed E-state index contributed by atoms with van der Waals surface area (Å²) in [6.07, 6.45) is 0. The number of nitrogens with zero attached hydrogens (tertiary/aromatic N) is 1. The van der Waals surface area contributed by atoms with Gasteiger partial charge in [0.1, 0.15) is 0 Å². The summed E-state index contributed by atoms with van der Waals surface area (Å²) in [5.41, 5.74) is 0. The number of aliphatic imine (C=N–C) groups is 1. The normalized spacial score (nSPS) is 25.6. The van der Waals surface area contributed by atoms with E-state index in [1.807, 2.05) is 0 Å². The zero-order valence-corrected chi connectivity index (χ0v) is 7.87. The molecule has 1 nitrogen and oxygen atoms in total. The van der Waals surface area contributed by atoms with Crippen LogP contribution in [0.15, 0.2) is 4.99 Å². The Bertz CT molecular complexity index is 145. The summed E-state index contributed by atoms with van der Waals surface area (Å²) in [4.78, 5) is 4.45. The van der Waals surface area contributed by atoms with E-state index in [1.165, 1.54) is 0 Å². The van der Waals surface area contributed by atoms with Gasteiger partial charge in [0.25, 0.3) is 0 Å². The molecule has 0 aliphatic carbocycles. The molecule has 10 heavy (non-hydrogen) atoms. The lowest BCUT2D eigenvalue weighted by atomic mass is 10.1. The summed E-state index contributed by atoms with van der Waals surface area (Å²) in [6.45, 7) is 4.40. The van der Waals surface area contributed by atoms with Gasteiger partial charge in [0.05, 0.1) is 17.0 Å². The molecule has 0 radical (unpaired) electrons. The van der Waals surface area contributed by atoms with Crippen LogP contribution in [0.3, 0.4) is 0 Å². The van der Waals surface area contributed by atoms with Gasteiger partial charge in [-0.3, -0.25) is 4.99 Å². The molecule has 1 atom stereocenters. The van der Waals surface area contributed by atoms with Crippen LogP contribution >= 0.6 is 23.4 Å². The first-order valence-electron chi connectivity index (χ1n) is 3.49. The molecule has 58 valence electrons. The third-order valence-electron chi connectivity index (χ3n) is 1.61. The molecule has 0 N–H and O–H groups in total. The van der Waals surface area contributed by atoms with Crippen molar-refractivity contribution >= 4 is 28.4 Å². The van der Waals surface area contributed by atoms with Crippen molar-refractivity contribution in [3.63, 3.8) is 0 Å². The van der Waals surface area contributed by atoms with Crippen molar-refractivity contribution < 1.29 is 0 Å². The molecule has 1 unspecified atom stereocenters. The third-order valence-corrected chi connectivity index (χ3v) is 3.12. The average Bonchev–Trinajstić information content (AvgIpc) is 2.34. The molecular weight excluding hydrogens is 166 g/mol. The number of hydrogen-bond donors (Lipinski definition) is 0. The van der Waals surface area contributed by atoms with Crippen molar-refractivity contribution in [3.05, 3.63) is 0 Å². The van der Waals surface area contributed by atoms with E-state index in [4.69, 9.17) is 11.6 Å². The summed E-state index contributed by atoms with van der Waals surface area (Å²) in [5.74, 6) is 2.38. The van der Waals surface area contributed by atoms with Crippen LogP contribution in [0, 0.1) is 5.92 Å². The second-order valence-corrected chi connectivity index (χ2v) is 4.14. The van der Waals surface area contributed by atoms with Gasteiger partial charge in [-0.15, -0.1) is 23.4 Å². The SMILES string of the molecule is CC(C)C1CSC(CCl)=N1. The maximum atomic E-state index is 5.63. The number of thioether (sulfide) groups is 1. The molecule has 0 saturated heterocycles. The van der Waals surface area contributed by atoms with Crippen molar-refractivity contribution in [2.75, 3.05) is 11.6 Å². The van der Waals surface area contributed by atoms with Gasteiger partial charge in [-0.2, -0.15) is 0 Å². The van der Waals surface area contributed by atoms with Crippen molar-refractivity contribution in [2.24, 2.45) is 10.9 Å². The van der Waals surface area contributed by atoms with E-state index in [0.717, 1.165) is 10.8 Å². The fourth-order valence-corrected chi connectivity index (χ4v) is 2.27. The minimum atomic E-state index is 0.513. The lowest BCUT2D eigenvalue weighted by Gasteiger charge is -2.07. The topological polar surface area (TPSA) is 12.4 Å². The Morgan fingerprint density at radius 2 is 2.50 bits per heavy atom. The van der Waals surface area contributed by atoms with Gasteiger partial charge in [0.2, 0.25) is 0 Å². The van der Waals surface area contributed by atoms with Crippen LogP contribution in [0.1, 0.15) is 13.8 Å². The maximum absolute atomic E-state index is 5.63. The number of alkyl halides is 1. The van der Waals surface area contributed by atoms with Crippen molar-refractivity contribution in [1.82, 2.24) is 0 Å². The monoisotopic (exact) mass is 177 g/mol. The van der Waals surface area contributed by atoms with Crippen LogP contribution in [-0.2, 0) is 0 Å². The molecular formula is C7H12ClNS. The fraction of sp³-hybridized carbons (Fsp3) is 0.857. The van der Waals surface area contributed by atoms with E-state index < -0.39 is 0 Å². The van der Waals surface area contributed by atoms with Crippen LogP contribution in [0.4, 0.5) is 0 Å². The number of rotatable bonds is 2. The standard InChI is InChI=1S/C7H12ClNS/c1-5(2)6-4-10-7(3-8)9-6/h5-6H,3-4H2,1-2H3. The molecule has 0 aromatic carbocycles. The fourth-order valence-electron chi connectivity index (χ4n) is 0.856. The highest BCUT2D eigenvalue weighted by Crippen LogP contribution is 2.23. The van der Waals surface area contributed by atoms with Crippen molar-refractivity contribution in [1.29, 1.82) is 0 Å². The summed E-state index contributed by atoms with van der Waals surface area (Å²) in [5, 5.41) is 1.11. The van der Waals surface area contributed by atoms with E-state index in [9.17, 15) is 0 Å². The highest BCUT2D eigenvalue weighted by molar-refractivity contribution is 8.14. The molecule has 1 heterocycles. The first kappa shape index (κ1) is 8.41. The smallest absolute Gasteiger partial charge is 0.0828 e. The maximum Gasteiger partial charge on any atom is 0.0828 e. The van der Waals surface area contributed by atoms with Crippen LogP contribution in [0.2, 0.25) is 0 Å². The van der Waals surface area contributed by atoms with Gasteiger partial charge in [0, 0.05) is 5.75 Å². The van der Waals surface area contributed by atoms with Gasteiger partial charge in [0.15, 0.2) is 0 Å². The quantitative estimate of drug-likeness (QED) is 0.591. The van der Waals surface area contributed by atoms with Gasteiger partial charge >= 0.3 is 0 Å². The van der Waals surface area contributed by atoms with E-state index in [-0.39, 0.29) is 0 Å². The Balaban J connectivity index is 2.47. The lowest BCUT2D eigenvalue weighted by Crippen LogP contribution is -2.11. The molecule has 0 spiro atoms. The molecule has 0 aromatic rings. The molecule has 0 saturated carbocycles. The third kappa shape index (κ3) is 1.89. The Morgan fingerprint density at radius 1 is 1.80 bits per heavy atom. The summed E-state index contributed by atoms with van der Waals surface area (Å²) >= 11 is 7.42. The van der Waals surface area contributed by atoms with E-state index in [2.05, 4.69) is 18.8 Å². The second-order valence-electron chi connectivity index (χ2n) is 2.78. The summed E-state index contributed by atoms with van der Waals surface area (Å²) in [7, 11) is 0. The first-order chi connectivity index (χ1) is 4.74. The van der Waals surface area contributed by atoms with E-state index in [1.54, 1.807) is 11.8 Å². The van der Waals surface area contributed by atoms with Crippen LogP contribution in [0.25, 0.3) is 0 Å². The Morgan fingerprint density at radius 3 is 2.80 bits per heavy atom. The van der Waals surface area contributed by atoms with Gasteiger partial charge in [-0.25, -0.2) is 0 Å². The molecule has 1 aliphatic heterocycles. The van der Waals surface area contributed by atoms with Crippen LogP contribution < -0.4 is 0 Å². The Kier molecular flexibility index (Phi) is 3.05. The number of hydrogen-bond acceptors (Lipinski definition) is 2. The largest absolute Gasteiger partial charge is 0.277 e. The van der Waals surface area contributed by atoms with Gasteiger partial charge in [-0.05, 0) is 5.92 Å². The van der Waals surface area contributed by atoms with Crippen molar-refractivity contribution in [2.45, 2.75) is 19.9 Å².